The smallest absolute Gasteiger partial charge is 0.247 e. The number of rotatable bonds is 14. The van der Waals surface area contributed by atoms with E-state index in [2.05, 4.69) is 42.3 Å². The van der Waals surface area contributed by atoms with E-state index >= 15 is 0 Å². The molecule has 0 radical (unpaired) electrons. The van der Waals surface area contributed by atoms with Crippen LogP contribution < -0.4 is 31.3 Å². The van der Waals surface area contributed by atoms with Gasteiger partial charge in [0.2, 0.25) is 5.91 Å². The molecule has 3 aromatic rings. The highest BCUT2D eigenvalue weighted by atomic mass is 16.5. The molecule has 1 saturated carbocycles. The van der Waals surface area contributed by atoms with Gasteiger partial charge in [0.15, 0.2) is 0 Å². The summed E-state index contributed by atoms with van der Waals surface area (Å²) < 4.78 is 6.29. The minimum absolute atomic E-state index is 0.154. The summed E-state index contributed by atoms with van der Waals surface area (Å²) in [6.45, 7) is 5.19. The average molecular weight is 556 g/mol. The van der Waals surface area contributed by atoms with Crippen LogP contribution in [0.25, 0.3) is 0 Å². The molecule has 0 saturated heterocycles. The second kappa shape index (κ2) is 13.4. The van der Waals surface area contributed by atoms with E-state index < -0.39 is 0 Å². The lowest BCUT2D eigenvalue weighted by Gasteiger charge is -2.26. The van der Waals surface area contributed by atoms with Gasteiger partial charge in [0, 0.05) is 43.5 Å². The number of nitrogens with one attached hydrogen (secondary N) is 4. The molecule has 4 rings (SSSR count). The minimum Gasteiger partial charge on any atom is -0.488 e. The number of ether oxygens (including phenoxy) is 1. The molecule has 0 bridgehead atoms. The summed E-state index contributed by atoms with van der Waals surface area (Å²) in [6, 6.07) is 13.0. The fourth-order valence-corrected chi connectivity index (χ4v) is 3.98. The summed E-state index contributed by atoms with van der Waals surface area (Å²) >= 11 is 0. The first-order chi connectivity index (χ1) is 19.8. The van der Waals surface area contributed by atoms with Crippen LogP contribution >= 0.6 is 0 Å². The fourth-order valence-electron chi connectivity index (χ4n) is 3.98. The van der Waals surface area contributed by atoms with Crippen LogP contribution in [-0.4, -0.2) is 66.8 Å². The monoisotopic (exact) mass is 555 g/mol. The number of para-hydroxylation sites is 1. The number of aromatic nitrogens is 2. The van der Waals surface area contributed by atoms with Crippen molar-refractivity contribution in [1.29, 1.82) is 5.41 Å². The van der Waals surface area contributed by atoms with Crippen LogP contribution in [0.2, 0.25) is 0 Å². The number of likely N-dealkylation sites (N-methyl/N-ethyl adjacent to an activating group) is 2. The Balaban J connectivity index is 1.66. The van der Waals surface area contributed by atoms with Crippen LogP contribution in [0.3, 0.4) is 0 Å². The van der Waals surface area contributed by atoms with E-state index in [0.29, 0.717) is 40.0 Å². The van der Waals surface area contributed by atoms with E-state index in [9.17, 15) is 4.79 Å². The van der Waals surface area contributed by atoms with Crippen LogP contribution in [0.4, 0.5) is 34.4 Å². The second-order valence-corrected chi connectivity index (χ2v) is 9.96. The highest BCUT2D eigenvalue weighted by molar-refractivity contribution is 6.10. The standard InChI is InChI=1S/C30H37N9O2/c1-5-30(40)37-24-16-25(27(41-20-10-11-20)17-26(24)39(4)15-14-38(2)3)36-29-18-28(33-19-34-29)35-23-9-7-6-8-21(23)22(32)12-13-31/h5-9,12-13,16-20,32H,1,10-11,14-15,31H2,2-4H3,(H,37,40)(H2,33,34,35,36)/b13-12-,32-22?. The van der Waals surface area contributed by atoms with Crippen molar-refractivity contribution >= 4 is 46.0 Å². The number of nitrogens with two attached hydrogens (primary N) is 1. The lowest BCUT2D eigenvalue weighted by Crippen LogP contribution is -2.29. The number of nitrogens with zero attached hydrogens (tertiary/aromatic N) is 4. The van der Waals surface area contributed by atoms with Crippen molar-refractivity contribution in [3.05, 3.63) is 79.3 Å². The molecule has 1 aliphatic rings. The third kappa shape index (κ3) is 8.05. The van der Waals surface area contributed by atoms with E-state index in [1.54, 1.807) is 6.07 Å². The lowest BCUT2D eigenvalue weighted by atomic mass is 10.1. The van der Waals surface area contributed by atoms with Crippen molar-refractivity contribution in [2.75, 3.05) is 55.1 Å². The van der Waals surface area contributed by atoms with E-state index in [1.807, 2.05) is 57.5 Å². The molecule has 41 heavy (non-hydrogen) atoms. The minimum atomic E-state index is -0.309. The van der Waals surface area contributed by atoms with Crippen molar-refractivity contribution in [2.24, 2.45) is 5.73 Å². The highest BCUT2D eigenvalue weighted by Gasteiger charge is 2.26. The van der Waals surface area contributed by atoms with Crippen LogP contribution in [0.1, 0.15) is 18.4 Å². The number of benzene rings is 2. The Labute approximate surface area is 240 Å². The van der Waals surface area contributed by atoms with Gasteiger partial charge in [0.25, 0.3) is 0 Å². The molecule has 0 atom stereocenters. The number of allylic oxidation sites excluding steroid dienone is 1. The van der Waals surface area contributed by atoms with Gasteiger partial charge in [-0.15, -0.1) is 0 Å². The van der Waals surface area contributed by atoms with Crippen molar-refractivity contribution in [3.8, 4) is 5.75 Å². The topological polar surface area (TPSA) is 145 Å². The van der Waals surface area contributed by atoms with Gasteiger partial charge in [-0.2, -0.15) is 0 Å². The first-order valence-corrected chi connectivity index (χ1v) is 13.3. The molecule has 214 valence electrons. The molecular weight excluding hydrogens is 518 g/mol. The average Bonchev–Trinajstić information content (AvgIpc) is 3.77. The third-order valence-electron chi connectivity index (χ3n) is 6.33. The van der Waals surface area contributed by atoms with Gasteiger partial charge in [-0.1, -0.05) is 24.8 Å². The molecule has 11 nitrogen and oxygen atoms in total. The zero-order valence-electron chi connectivity index (χ0n) is 23.6. The number of anilines is 6. The predicted molar refractivity (Wildman–Crippen MR) is 166 cm³/mol. The SMILES string of the molecule is C=CC(=O)Nc1cc(Nc2cc(Nc3ccccc3C(=N)/C=C\N)ncn2)c(OC2CC2)cc1N(C)CCN(C)C. The Bertz CT molecular complexity index is 1430. The lowest BCUT2D eigenvalue weighted by molar-refractivity contribution is -0.111. The van der Waals surface area contributed by atoms with E-state index in [-0.39, 0.29) is 17.7 Å². The molecule has 0 unspecified atom stereocenters. The van der Waals surface area contributed by atoms with Gasteiger partial charge in [-0.25, -0.2) is 9.97 Å². The maximum Gasteiger partial charge on any atom is 0.247 e. The van der Waals surface area contributed by atoms with Crippen molar-refractivity contribution in [1.82, 2.24) is 14.9 Å². The molecular formula is C30H37N9O2. The van der Waals surface area contributed by atoms with Gasteiger partial charge in [0.05, 0.1) is 28.9 Å². The fraction of sp³-hybridized carbons (Fsp3) is 0.267. The molecule has 1 fully saturated rings. The first kappa shape index (κ1) is 29.1. The Kier molecular flexibility index (Phi) is 9.54. The molecule has 11 heteroatoms. The molecule has 2 aromatic carbocycles. The Morgan fingerprint density at radius 1 is 1.07 bits per heavy atom. The molecule has 1 amide bonds. The van der Waals surface area contributed by atoms with Crippen molar-refractivity contribution in [2.45, 2.75) is 18.9 Å². The normalized spacial score (nSPS) is 12.7. The maximum absolute atomic E-state index is 12.3. The molecule has 0 spiro atoms. The zero-order valence-corrected chi connectivity index (χ0v) is 23.6. The van der Waals surface area contributed by atoms with Crippen LogP contribution in [-0.2, 0) is 4.79 Å². The van der Waals surface area contributed by atoms with E-state index in [4.69, 9.17) is 15.9 Å². The Morgan fingerprint density at radius 3 is 2.44 bits per heavy atom. The van der Waals surface area contributed by atoms with Gasteiger partial charge < -0.3 is 41.6 Å². The number of amides is 1. The number of carbonyl (C=O) groups is 1. The summed E-state index contributed by atoms with van der Waals surface area (Å²) in [5, 5.41) is 17.8. The predicted octanol–water partition coefficient (Wildman–Crippen LogP) is 4.47. The third-order valence-corrected chi connectivity index (χ3v) is 6.33. The van der Waals surface area contributed by atoms with Crippen LogP contribution in [0, 0.1) is 5.41 Å². The van der Waals surface area contributed by atoms with Gasteiger partial charge in [0.1, 0.15) is 23.7 Å². The summed E-state index contributed by atoms with van der Waals surface area (Å²) in [5.74, 6) is 1.41. The molecule has 0 aliphatic heterocycles. The van der Waals surface area contributed by atoms with Gasteiger partial charge in [-0.3, -0.25) is 4.79 Å². The Morgan fingerprint density at radius 2 is 1.78 bits per heavy atom. The molecule has 1 aliphatic carbocycles. The summed E-state index contributed by atoms with van der Waals surface area (Å²) in [5.41, 5.74) is 9.26. The van der Waals surface area contributed by atoms with E-state index in [0.717, 1.165) is 31.6 Å². The largest absolute Gasteiger partial charge is 0.488 e. The van der Waals surface area contributed by atoms with Gasteiger partial charge in [-0.05, 0) is 57.4 Å². The molecule has 1 aromatic heterocycles. The van der Waals surface area contributed by atoms with E-state index in [1.165, 1.54) is 24.7 Å². The zero-order chi connectivity index (χ0) is 29.4. The first-order valence-electron chi connectivity index (χ1n) is 13.3. The summed E-state index contributed by atoms with van der Waals surface area (Å²) in [4.78, 5) is 25.3. The number of carbonyl (C=O) groups excluding carboxylic acids is 1. The van der Waals surface area contributed by atoms with Crippen LogP contribution in [0.5, 0.6) is 5.75 Å². The second-order valence-electron chi connectivity index (χ2n) is 9.96. The quantitative estimate of drug-likeness (QED) is 0.144. The molecule has 1 heterocycles. The van der Waals surface area contributed by atoms with Crippen LogP contribution in [0.15, 0.2) is 73.7 Å². The number of hydrogen-bond donors (Lipinski definition) is 5. The Hall–Kier alpha value is -4.90. The highest BCUT2D eigenvalue weighted by Crippen LogP contribution is 2.41. The van der Waals surface area contributed by atoms with Crippen molar-refractivity contribution in [3.63, 3.8) is 0 Å². The molecule has 6 N–H and O–H groups in total. The number of hydrogen-bond acceptors (Lipinski definition) is 10. The summed E-state index contributed by atoms with van der Waals surface area (Å²) in [6.07, 6.45) is 7.70. The maximum atomic E-state index is 12.3. The summed E-state index contributed by atoms with van der Waals surface area (Å²) in [7, 11) is 6.03. The van der Waals surface area contributed by atoms with Gasteiger partial charge >= 0.3 is 0 Å². The van der Waals surface area contributed by atoms with Crippen molar-refractivity contribution < 1.29 is 9.53 Å².